The average molecular weight is 487 g/mol. The van der Waals surface area contributed by atoms with Crippen LogP contribution in [0.3, 0.4) is 0 Å². The van der Waals surface area contributed by atoms with Crippen molar-refractivity contribution >= 4 is 40.2 Å². The van der Waals surface area contributed by atoms with Crippen molar-refractivity contribution in [2.75, 3.05) is 31.6 Å². The normalized spacial score (nSPS) is 20.7. The van der Waals surface area contributed by atoms with Crippen molar-refractivity contribution in [2.45, 2.75) is 25.8 Å². The fourth-order valence-corrected chi connectivity index (χ4v) is 4.68. The highest BCUT2D eigenvalue weighted by molar-refractivity contribution is 6.09. The van der Waals surface area contributed by atoms with Gasteiger partial charge in [0.05, 0.1) is 23.7 Å². The molecule has 2 aliphatic heterocycles. The fourth-order valence-electron chi connectivity index (χ4n) is 4.68. The van der Waals surface area contributed by atoms with Crippen LogP contribution in [0.2, 0.25) is 0 Å². The number of anilines is 1. The van der Waals surface area contributed by atoms with Gasteiger partial charge in [-0.3, -0.25) is 19.9 Å². The van der Waals surface area contributed by atoms with Crippen molar-refractivity contribution < 1.29 is 14.3 Å². The molecular formula is C27H30N6O3. The number of rotatable bonds is 4. The first-order valence-corrected chi connectivity index (χ1v) is 12.1. The third kappa shape index (κ3) is 4.74. The van der Waals surface area contributed by atoms with Gasteiger partial charge in [0.15, 0.2) is 0 Å². The molecule has 0 saturated carbocycles. The van der Waals surface area contributed by atoms with Gasteiger partial charge in [-0.25, -0.2) is 4.98 Å². The number of aromatic nitrogens is 2. The second kappa shape index (κ2) is 9.94. The molecule has 1 atom stereocenters. The van der Waals surface area contributed by atoms with E-state index in [1.165, 1.54) is 0 Å². The summed E-state index contributed by atoms with van der Waals surface area (Å²) in [6, 6.07) is 15.0. The Labute approximate surface area is 209 Å². The number of benzene rings is 2. The number of nitrogens with one attached hydrogen (secondary N) is 1. The van der Waals surface area contributed by atoms with E-state index in [1.54, 1.807) is 30.0 Å². The van der Waals surface area contributed by atoms with Crippen molar-refractivity contribution in [3.8, 4) is 0 Å². The van der Waals surface area contributed by atoms with Gasteiger partial charge in [-0.2, -0.15) is 0 Å². The summed E-state index contributed by atoms with van der Waals surface area (Å²) in [5.74, 6) is 0.189. The van der Waals surface area contributed by atoms with Crippen LogP contribution in [0, 0.1) is 0 Å². The van der Waals surface area contributed by atoms with Crippen molar-refractivity contribution in [3.05, 3.63) is 65.2 Å². The number of hydrogen-bond donors (Lipinski definition) is 2. The van der Waals surface area contributed by atoms with Crippen molar-refractivity contribution in [1.29, 1.82) is 0 Å². The second-order valence-electron chi connectivity index (χ2n) is 9.19. The molecule has 2 aromatic carbocycles. The van der Waals surface area contributed by atoms with Crippen LogP contribution in [0.25, 0.3) is 16.7 Å². The Morgan fingerprint density at radius 1 is 1.17 bits per heavy atom. The Morgan fingerprint density at radius 2 is 1.97 bits per heavy atom. The molecule has 3 N–H and O–H groups in total. The van der Waals surface area contributed by atoms with Gasteiger partial charge in [0.25, 0.3) is 5.91 Å². The van der Waals surface area contributed by atoms with Crippen LogP contribution in [0.15, 0.2) is 59.1 Å². The molecule has 5 rings (SSSR count). The van der Waals surface area contributed by atoms with Gasteiger partial charge >= 0.3 is 0 Å². The number of nitrogens with zero attached hydrogens (tertiary/aromatic N) is 4. The van der Waals surface area contributed by atoms with E-state index >= 15 is 0 Å². The summed E-state index contributed by atoms with van der Waals surface area (Å²) in [5, 5.41) is 2.91. The standard InChI is InChI=1S/C27H30N6O3/c1-17(34)33-12-10-22(29-20-11-13-36-16-20)21(15-33)25(28)18-6-5-7-19(14-18)26(35)31-27-30-23-8-3-4-9-24(23)32(27)2/h3-9,14,20H,10-13,15-16,28H2,1-2H3,(H,30,31,35). The van der Waals surface area contributed by atoms with Gasteiger partial charge in [0, 0.05) is 62.6 Å². The molecule has 0 aliphatic carbocycles. The highest BCUT2D eigenvalue weighted by Gasteiger charge is 2.26. The molecule has 1 unspecified atom stereocenters. The number of aryl methyl sites for hydroxylation is 1. The maximum absolute atomic E-state index is 13.1. The maximum Gasteiger partial charge on any atom is 0.257 e. The number of nitrogens with two attached hydrogens (primary N) is 1. The molecule has 2 aliphatic rings. The summed E-state index contributed by atoms with van der Waals surface area (Å²) in [6.45, 7) is 3.87. The van der Waals surface area contributed by atoms with Crippen LogP contribution in [-0.4, -0.2) is 64.3 Å². The summed E-state index contributed by atoms with van der Waals surface area (Å²) in [6.07, 6.45) is 1.52. The molecule has 9 nitrogen and oxygen atoms in total. The summed E-state index contributed by atoms with van der Waals surface area (Å²) >= 11 is 0. The number of imidazole rings is 1. The van der Waals surface area contributed by atoms with E-state index in [2.05, 4.69) is 10.3 Å². The van der Waals surface area contributed by atoms with E-state index in [9.17, 15) is 9.59 Å². The lowest BCUT2D eigenvalue weighted by Crippen LogP contribution is -2.40. The number of amides is 2. The smallest absolute Gasteiger partial charge is 0.257 e. The lowest BCUT2D eigenvalue weighted by atomic mass is 9.95. The Hall–Kier alpha value is -3.98. The summed E-state index contributed by atoms with van der Waals surface area (Å²) < 4.78 is 7.34. The highest BCUT2D eigenvalue weighted by atomic mass is 16.5. The Kier molecular flexibility index (Phi) is 6.56. The number of carbonyl (C=O) groups excluding carboxylic acids is 2. The summed E-state index contributed by atoms with van der Waals surface area (Å²) in [5.41, 5.74) is 11.9. The van der Waals surface area contributed by atoms with Crippen LogP contribution < -0.4 is 11.1 Å². The first-order valence-electron chi connectivity index (χ1n) is 12.1. The van der Waals surface area contributed by atoms with Crippen LogP contribution in [0.1, 0.15) is 35.7 Å². The lowest BCUT2D eigenvalue weighted by Gasteiger charge is -2.30. The maximum atomic E-state index is 13.1. The third-order valence-electron chi connectivity index (χ3n) is 6.78. The predicted molar refractivity (Wildman–Crippen MR) is 140 cm³/mol. The number of fused-ring (bicyclic) bond motifs is 1. The minimum Gasteiger partial charge on any atom is -0.398 e. The van der Waals surface area contributed by atoms with E-state index in [0.29, 0.717) is 55.5 Å². The number of aliphatic imine (C=N–C) groups is 1. The highest BCUT2D eigenvalue weighted by Crippen LogP contribution is 2.25. The Morgan fingerprint density at radius 3 is 2.72 bits per heavy atom. The lowest BCUT2D eigenvalue weighted by molar-refractivity contribution is -0.128. The predicted octanol–water partition coefficient (Wildman–Crippen LogP) is 2.98. The third-order valence-corrected chi connectivity index (χ3v) is 6.78. The number of likely N-dealkylation sites (tertiary alicyclic amines) is 1. The molecule has 2 fully saturated rings. The second-order valence-corrected chi connectivity index (χ2v) is 9.19. The fraction of sp³-hybridized carbons (Fsp3) is 0.333. The molecule has 0 bridgehead atoms. The molecule has 186 valence electrons. The largest absolute Gasteiger partial charge is 0.398 e. The topological polar surface area (TPSA) is 115 Å². The van der Waals surface area contributed by atoms with E-state index in [0.717, 1.165) is 28.7 Å². The Bertz CT molecular complexity index is 1380. The van der Waals surface area contributed by atoms with Gasteiger partial charge in [-0.1, -0.05) is 24.3 Å². The van der Waals surface area contributed by atoms with E-state index in [4.69, 9.17) is 15.5 Å². The molecule has 9 heteroatoms. The van der Waals surface area contributed by atoms with E-state index in [-0.39, 0.29) is 17.9 Å². The molecule has 36 heavy (non-hydrogen) atoms. The van der Waals surface area contributed by atoms with Gasteiger partial charge in [-0.05, 0) is 36.2 Å². The molecule has 0 radical (unpaired) electrons. The van der Waals surface area contributed by atoms with Crippen LogP contribution in [-0.2, 0) is 16.6 Å². The van der Waals surface area contributed by atoms with Crippen LogP contribution >= 0.6 is 0 Å². The first-order chi connectivity index (χ1) is 17.4. The number of carbonyl (C=O) groups is 2. The summed E-state index contributed by atoms with van der Waals surface area (Å²) in [7, 11) is 1.86. The minimum absolute atomic E-state index is 0.000803. The van der Waals surface area contributed by atoms with Gasteiger partial charge in [0.2, 0.25) is 11.9 Å². The van der Waals surface area contributed by atoms with Crippen molar-refractivity contribution in [1.82, 2.24) is 14.5 Å². The molecule has 2 amide bonds. The number of piperidine rings is 1. The zero-order valence-electron chi connectivity index (χ0n) is 20.5. The van der Waals surface area contributed by atoms with Crippen molar-refractivity contribution in [2.24, 2.45) is 17.8 Å². The molecule has 1 aromatic heterocycles. The molecule has 0 spiro atoms. The monoisotopic (exact) mass is 486 g/mol. The van der Waals surface area contributed by atoms with Gasteiger partial charge in [0.1, 0.15) is 0 Å². The van der Waals surface area contributed by atoms with E-state index in [1.807, 2.05) is 41.9 Å². The van der Waals surface area contributed by atoms with E-state index < -0.39 is 0 Å². The zero-order chi connectivity index (χ0) is 25.2. The number of para-hydroxylation sites is 2. The Balaban J connectivity index is 1.45. The first kappa shape index (κ1) is 23.7. The van der Waals surface area contributed by atoms with Crippen molar-refractivity contribution in [3.63, 3.8) is 0 Å². The number of ether oxygens (including phenoxy) is 1. The molecule has 3 heterocycles. The SMILES string of the molecule is CC(=O)N1CCC(=NC2CCOC2)C(=C(N)c2cccc(C(=O)Nc3nc4ccccc4n3C)c2)C1. The molecule has 3 aromatic rings. The molecule has 2 saturated heterocycles. The minimum atomic E-state index is -0.279. The summed E-state index contributed by atoms with van der Waals surface area (Å²) in [4.78, 5) is 36.4. The zero-order valence-corrected chi connectivity index (χ0v) is 20.5. The average Bonchev–Trinajstić information content (AvgIpc) is 3.51. The number of hydrogen-bond acceptors (Lipinski definition) is 6. The van der Waals surface area contributed by atoms with Crippen LogP contribution in [0.5, 0.6) is 0 Å². The molecular weight excluding hydrogens is 456 g/mol. The van der Waals surface area contributed by atoms with Gasteiger partial charge < -0.3 is 19.9 Å². The quantitative estimate of drug-likeness (QED) is 0.588. The van der Waals surface area contributed by atoms with Crippen LogP contribution in [0.4, 0.5) is 5.95 Å². The van der Waals surface area contributed by atoms with Gasteiger partial charge in [-0.15, -0.1) is 0 Å².